The number of hydrogen-bond acceptors (Lipinski definition) is 8. The van der Waals surface area contributed by atoms with Gasteiger partial charge in [-0.25, -0.2) is 4.98 Å². The van der Waals surface area contributed by atoms with Gasteiger partial charge in [0.15, 0.2) is 0 Å². The predicted molar refractivity (Wildman–Crippen MR) is 147 cm³/mol. The molecule has 2 aromatic heterocycles. The number of amides is 2. The minimum atomic E-state index is -4.87. The molecule has 0 fully saturated rings. The van der Waals surface area contributed by atoms with E-state index in [0.717, 1.165) is 35.1 Å². The Kier molecular flexibility index (Phi) is 9.53. The van der Waals surface area contributed by atoms with Crippen molar-refractivity contribution in [1.82, 2.24) is 15.3 Å². The summed E-state index contributed by atoms with van der Waals surface area (Å²) in [5.74, 6) is -1.22. The molecule has 0 aliphatic rings. The second-order valence-corrected chi connectivity index (χ2v) is 9.18. The molecule has 0 bridgehead atoms. The molecule has 4 aromatic rings. The lowest BCUT2D eigenvalue weighted by Crippen LogP contribution is -2.20. The Labute approximate surface area is 233 Å². The average Bonchev–Trinajstić information content (AvgIpc) is 2.92. The molecule has 0 spiro atoms. The number of aromatic nitrogens is 2. The summed E-state index contributed by atoms with van der Waals surface area (Å²) < 4.78 is 47.3. The first kappa shape index (κ1) is 29.5. The maximum atomic E-state index is 12.6. The lowest BCUT2D eigenvalue weighted by molar-refractivity contribution is -0.274. The van der Waals surface area contributed by atoms with Gasteiger partial charge in [-0.15, -0.1) is 13.2 Å². The number of nitrogens with two attached hydrogens (primary N) is 2. The third kappa shape index (κ3) is 8.25. The molecule has 0 saturated heterocycles. The number of halogens is 3. The van der Waals surface area contributed by atoms with Crippen molar-refractivity contribution >= 4 is 39.3 Å². The van der Waals surface area contributed by atoms with E-state index in [1.165, 1.54) is 12.1 Å². The largest absolute Gasteiger partial charge is 0.573 e. The van der Waals surface area contributed by atoms with Gasteiger partial charge in [-0.3, -0.25) is 14.6 Å². The van der Waals surface area contributed by atoms with E-state index in [9.17, 15) is 22.8 Å². The molecular formula is C28H29F3N6O4. The number of nitrogens with zero attached hydrogens (tertiary/aromatic N) is 2. The van der Waals surface area contributed by atoms with E-state index >= 15 is 0 Å². The van der Waals surface area contributed by atoms with E-state index in [4.69, 9.17) is 16.2 Å². The van der Waals surface area contributed by atoms with Gasteiger partial charge in [0.2, 0.25) is 11.8 Å². The highest BCUT2D eigenvalue weighted by Gasteiger charge is 2.31. The number of unbranched alkanes of at least 4 members (excludes halogenated alkanes) is 1. The van der Waals surface area contributed by atoms with Crippen LogP contribution in [0.25, 0.3) is 21.7 Å². The van der Waals surface area contributed by atoms with Crippen LogP contribution in [-0.2, 0) is 11.3 Å². The van der Waals surface area contributed by atoms with Crippen molar-refractivity contribution < 1.29 is 32.2 Å². The molecule has 41 heavy (non-hydrogen) atoms. The molecule has 2 aromatic carbocycles. The minimum Gasteiger partial charge on any atom is -0.406 e. The van der Waals surface area contributed by atoms with E-state index in [2.05, 4.69) is 25.3 Å². The number of rotatable bonds is 14. The Hall–Kier alpha value is -4.49. The molecule has 0 saturated carbocycles. The van der Waals surface area contributed by atoms with Gasteiger partial charge in [0.05, 0.1) is 12.1 Å². The van der Waals surface area contributed by atoms with Crippen molar-refractivity contribution in [2.45, 2.75) is 25.7 Å². The van der Waals surface area contributed by atoms with Gasteiger partial charge < -0.3 is 31.6 Å². The Morgan fingerprint density at radius 1 is 0.878 bits per heavy atom. The van der Waals surface area contributed by atoms with E-state index in [-0.39, 0.29) is 12.1 Å². The van der Waals surface area contributed by atoms with Crippen LogP contribution >= 0.6 is 0 Å². The van der Waals surface area contributed by atoms with E-state index < -0.39 is 23.9 Å². The normalized spacial score (nSPS) is 11.6. The van der Waals surface area contributed by atoms with Gasteiger partial charge >= 0.3 is 6.36 Å². The fraction of sp³-hybridized carbons (Fsp3) is 0.286. The van der Waals surface area contributed by atoms with Crippen molar-refractivity contribution in [3.05, 3.63) is 71.5 Å². The van der Waals surface area contributed by atoms with Crippen LogP contribution in [0.1, 0.15) is 39.1 Å². The van der Waals surface area contributed by atoms with Gasteiger partial charge in [-0.05, 0) is 61.3 Å². The van der Waals surface area contributed by atoms with Crippen LogP contribution in [0, 0.1) is 0 Å². The summed E-state index contributed by atoms with van der Waals surface area (Å²) in [7, 11) is 0. The number of hydrogen-bond donors (Lipinski definition) is 4. The van der Waals surface area contributed by atoms with Crippen LogP contribution in [0.2, 0.25) is 0 Å². The first-order valence-corrected chi connectivity index (χ1v) is 12.8. The molecule has 0 aliphatic heterocycles. The molecular weight excluding hydrogens is 541 g/mol. The van der Waals surface area contributed by atoms with Gasteiger partial charge in [0, 0.05) is 59.4 Å². The molecule has 0 unspecified atom stereocenters. The number of pyridine rings is 2. The highest BCUT2D eigenvalue weighted by Crippen LogP contribution is 2.29. The molecule has 13 heteroatoms. The molecule has 0 aliphatic carbocycles. The maximum absolute atomic E-state index is 12.6. The monoisotopic (exact) mass is 570 g/mol. The number of ether oxygens (including phenoxy) is 2. The third-order valence-corrected chi connectivity index (χ3v) is 6.13. The summed E-state index contributed by atoms with van der Waals surface area (Å²) in [6.45, 7) is 2.28. The zero-order valence-corrected chi connectivity index (χ0v) is 22.0. The van der Waals surface area contributed by atoms with Crippen LogP contribution in [0.5, 0.6) is 5.75 Å². The SMILES string of the molecule is NC(=O)c1cc(CNCCCCOCCNc2nc3cc(C(N)=O)ccc3c3cnccc23)cc(OC(F)(F)F)c1. The number of fused-ring (bicyclic) bond motifs is 3. The van der Waals surface area contributed by atoms with Gasteiger partial charge in [-0.1, -0.05) is 6.07 Å². The first-order valence-electron chi connectivity index (χ1n) is 12.8. The third-order valence-electron chi connectivity index (χ3n) is 6.13. The average molecular weight is 571 g/mol. The van der Waals surface area contributed by atoms with E-state index in [1.54, 1.807) is 24.5 Å². The zero-order chi connectivity index (χ0) is 29.4. The maximum Gasteiger partial charge on any atom is 0.573 e. The smallest absolute Gasteiger partial charge is 0.406 e. The fourth-order valence-corrected chi connectivity index (χ4v) is 4.26. The van der Waals surface area contributed by atoms with E-state index in [1.807, 2.05) is 12.1 Å². The molecule has 6 N–H and O–H groups in total. The molecule has 0 atom stereocenters. The Bertz CT molecular complexity index is 1550. The standard InChI is InChI=1S/C28H29F3N6O4/c29-28(30,31)41-20-12-17(11-19(13-20)26(33)39)15-34-6-1-2-9-40-10-8-36-27-22-5-7-35-16-23(22)21-4-3-18(25(32)38)14-24(21)37-27/h3-5,7,11-14,16,34H,1-2,6,8-10,15H2,(H2,32,38)(H2,33,39)(H,36,37). The molecule has 10 nitrogen and oxygen atoms in total. The number of anilines is 1. The first-order chi connectivity index (χ1) is 19.6. The summed E-state index contributed by atoms with van der Waals surface area (Å²) in [4.78, 5) is 31.9. The highest BCUT2D eigenvalue weighted by molar-refractivity contribution is 6.11. The number of benzene rings is 2. The number of primary amides is 2. The fourth-order valence-electron chi connectivity index (χ4n) is 4.26. The number of alkyl halides is 3. The van der Waals surface area contributed by atoms with E-state index in [0.29, 0.717) is 48.8 Å². The summed E-state index contributed by atoms with van der Waals surface area (Å²) in [5, 5.41) is 9.06. The summed E-state index contributed by atoms with van der Waals surface area (Å²) in [5.41, 5.74) is 12.0. The van der Waals surface area contributed by atoms with Crippen molar-refractivity contribution in [2.24, 2.45) is 11.5 Å². The number of carbonyl (C=O) groups excluding carboxylic acids is 2. The number of carbonyl (C=O) groups is 2. The minimum absolute atomic E-state index is 0.0653. The van der Waals surface area contributed by atoms with Gasteiger partial charge in [-0.2, -0.15) is 0 Å². The molecule has 0 radical (unpaired) electrons. The summed E-state index contributed by atoms with van der Waals surface area (Å²) >= 11 is 0. The second kappa shape index (κ2) is 13.2. The molecule has 216 valence electrons. The van der Waals surface area contributed by atoms with Gasteiger partial charge in [0.1, 0.15) is 11.6 Å². The lowest BCUT2D eigenvalue weighted by atomic mass is 10.1. The Morgan fingerprint density at radius 3 is 2.44 bits per heavy atom. The van der Waals surface area contributed by atoms with Crippen LogP contribution in [0.4, 0.5) is 19.0 Å². The second-order valence-electron chi connectivity index (χ2n) is 9.18. The lowest BCUT2D eigenvalue weighted by Gasteiger charge is -2.13. The van der Waals surface area contributed by atoms with Crippen molar-refractivity contribution in [3.8, 4) is 5.75 Å². The van der Waals surface area contributed by atoms with Crippen molar-refractivity contribution in [2.75, 3.05) is 31.6 Å². The van der Waals surface area contributed by atoms with Crippen LogP contribution in [0.15, 0.2) is 54.9 Å². The summed E-state index contributed by atoms with van der Waals surface area (Å²) in [6, 6.07) is 10.6. The van der Waals surface area contributed by atoms with Gasteiger partial charge in [0.25, 0.3) is 0 Å². The highest BCUT2D eigenvalue weighted by atomic mass is 19.4. The van der Waals surface area contributed by atoms with Crippen molar-refractivity contribution in [3.63, 3.8) is 0 Å². The molecule has 4 rings (SSSR count). The van der Waals surface area contributed by atoms with Crippen molar-refractivity contribution in [1.29, 1.82) is 0 Å². The Balaban J connectivity index is 1.20. The predicted octanol–water partition coefficient (Wildman–Crippen LogP) is 3.88. The quantitative estimate of drug-likeness (QED) is 0.132. The van der Waals surface area contributed by atoms with Crippen LogP contribution in [-0.4, -0.2) is 54.4 Å². The topological polar surface area (TPSA) is 154 Å². The Morgan fingerprint density at radius 2 is 1.68 bits per heavy atom. The summed E-state index contributed by atoms with van der Waals surface area (Å²) in [6.07, 6.45) is 0.0933. The molecule has 2 heterocycles. The molecule has 2 amide bonds. The zero-order valence-electron chi connectivity index (χ0n) is 22.0. The van der Waals surface area contributed by atoms with Crippen LogP contribution < -0.4 is 26.8 Å². The number of nitrogens with one attached hydrogen (secondary N) is 2. The van der Waals surface area contributed by atoms with Crippen LogP contribution in [0.3, 0.4) is 0 Å².